The van der Waals surface area contributed by atoms with Gasteiger partial charge in [0.15, 0.2) is 17.5 Å². The van der Waals surface area contributed by atoms with Gasteiger partial charge in [0.1, 0.15) is 12.1 Å². The van der Waals surface area contributed by atoms with Crippen molar-refractivity contribution < 1.29 is 22.8 Å². The molecule has 8 heteroatoms. The molecule has 1 fully saturated rings. The number of halogens is 3. The molecule has 1 amide bonds. The molecule has 5 rings (SSSR count). The molecule has 2 aliphatic rings. The molecule has 0 radical (unpaired) electrons. The molecule has 0 saturated heterocycles. The summed E-state index contributed by atoms with van der Waals surface area (Å²) < 4.78 is 41.8. The van der Waals surface area contributed by atoms with Gasteiger partial charge in [-0.25, -0.2) is 13.2 Å². The van der Waals surface area contributed by atoms with Crippen molar-refractivity contribution >= 4 is 18.0 Å². The van der Waals surface area contributed by atoms with E-state index >= 15 is 0 Å². The molecular weight excluding hydrogens is 407 g/mol. The minimum atomic E-state index is -1.27. The zero-order valence-corrected chi connectivity index (χ0v) is 16.3. The smallest absolute Gasteiger partial charge is 0.226 e. The summed E-state index contributed by atoms with van der Waals surface area (Å²) in [6, 6.07) is 8.79. The van der Waals surface area contributed by atoms with Crippen molar-refractivity contribution in [3.8, 4) is 0 Å². The number of anilines is 1. The van der Waals surface area contributed by atoms with Gasteiger partial charge in [0.2, 0.25) is 5.91 Å². The number of benzene rings is 2. The molecule has 1 unspecified atom stereocenters. The molecule has 2 N–H and O–H groups in total. The van der Waals surface area contributed by atoms with E-state index in [4.69, 9.17) is 0 Å². The van der Waals surface area contributed by atoms with E-state index < -0.39 is 23.4 Å². The number of aromatic nitrogens is 2. The molecule has 3 aromatic rings. The molecule has 0 bridgehead atoms. The average molecular weight is 425 g/mol. The minimum absolute atomic E-state index is 0.0628. The summed E-state index contributed by atoms with van der Waals surface area (Å²) in [5.74, 6) is -3.80. The SMILES string of the molecule is O=Cc1cccc(C2CC(c3[nH]nc4c3C(c3cc(F)c(F)cc3F)CC(=O)N4)C2)c1. The quantitative estimate of drug-likeness (QED) is 0.467. The number of carbonyl (C=O) groups is 2. The van der Waals surface area contributed by atoms with E-state index in [1.165, 1.54) is 0 Å². The third-order valence-electron chi connectivity index (χ3n) is 6.31. The van der Waals surface area contributed by atoms with Gasteiger partial charge in [-0.05, 0) is 42.0 Å². The number of H-pyrrole nitrogens is 1. The normalized spacial score (nSPS) is 22.4. The molecule has 1 aliphatic carbocycles. The summed E-state index contributed by atoms with van der Waals surface area (Å²) in [4.78, 5) is 23.2. The third kappa shape index (κ3) is 3.32. The highest BCUT2D eigenvalue weighted by atomic mass is 19.2. The van der Waals surface area contributed by atoms with Crippen molar-refractivity contribution in [2.75, 3.05) is 5.32 Å². The van der Waals surface area contributed by atoms with Crippen LogP contribution in [0.3, 0.4) is 0 Å². The van der Waals surface area contributed by atoms with Crippen molar-refractivity contribution in [3.05, 3.63) is 81.8 Å². The van der Waals surface area contributed by atoms with E-state index in [1.807, 2.05) is 18.2 Å². The fraction of sp³-hybridized carbons (Fsp3) is 0.261. The zero-order chi connectivity index (χ0) is 21.7. The van der Waals surface area contributed by atoms with Crippen molar-refractivity contribution in [1.82, 2.24) is 10.2 Å². The first-order valence-corrected chi connectivity index (χ1v) is 10.0. The molecule has 2 aromatic carbocycles. The van der Waals surface area contributed by atoms with Crippen LogP contribution in [0.1, 0.15) is 69.8 Å². The van der Waals surface area contributed by atoms with Gasteiger partial charge in [0.05, 0.1) is 0 Å². The Balaban J connectivity index is 1.47. The van der Waals surface area contributed by atoms with Crippen LogP contribution in [0.25, 0.3) is 0 Å². The number of fused-ring (bicyclic) bond motifs is 1. The van der Waals surface area contributed by atoms with Crippen LogP contribution < -0.4 is 5.32 Å². The Kier molecular flexibility index (Phi) is 4.64. The maximum atomic E-state index is 14.5. The summed E-state index contributed by atoms with van der Waals surface area (Å²) in [5.41, 5.74) is 3.02. The number of hydrogen-bond acceptors (Lipinski definition) is 3. The van der Waals surface area contributed by atoms with E-state index in [0.717, 1.165) is 36.5 Å². The maximum absolute atomic E-state index is 14.5. The van der Waals surface area contributed by atoms with Gasteiger partial charge >= 0.3 is 0 Å². The number of nitrogens with one attached hydrogen (secondary N) is 2. The summed E-state index contributed by atoms with van der Waals surface area (Å²) >= 11 is 0. The van der Waals surface area contributed by atoms with Crippen molar-refractivity contribution in [2.24, 2.45) is 0 Å². The van der Waals surface area contributed by atoms with E-state index in [1.54, 1.807) is 6.07 Å². The summed E-state index contributed by atoms with van der Waals surface area (Å²) in [6.07, 6.45) is 2.31. The van der Waals surface area contributed by atoms with Crippen LogP contribution in [-0.2, 0) is 4.79 Å². The lowest BCUT2D eigenvalue weighted by Gasteiger charge is -2.37. The van der Waals surface area contributed by atoms with Gasteiger partial charge in [-0.1, -0.05) is 18.2 Å². The predicted octanol–water partition coefficient (Wildman–Crippen LogP) is 4.77. The standard InChI is InChI=1S/C23H18F3N3O2/c24-17-9-19(26)18(25)7-15(17)16-8-20(31)27-23-21(16)22(28-29-23)14-5-13(6-14)12-3-1-2-11(4-12)10-30/h1-4,7,9-10,13-14,16H,5-6,8H2,(H2,27,28,29,31). The van der Waals surface area contributed by atoms with Crippen LogP contribution in [0.2, 0.25) is 0 Å². The van der Waals surface area contributed by atoms with Crippen LogP contribution in [0, 0.1) is 17.5 Å². The largest absolute Gasteiger partial charge is 0.309 e. The maximum Gasteiger partial charge on any atom is 0.226 e. The molecule has 2 heterocycles. The molecule has 5 nitrogen and oxygen atoms in total. The number of aromatic amines is 1. The molecule has 1 atom stereocenters. The van der Waals surface area contributed by atoms with Crippen LogP contribution in [0.4, 0.5) is 19.0 Å². The zero-order valence-electron chi connectivity index (χ0n) is 16.3. The molecular formula is C23H18F3N3O2. The highest BCUT2D eigenvalue weighted by Crippen LogP contribution is 2.51. The van der Waals surface area contributed by atoms with E-state index in [-0.39, 0.29) is 29.7 Å². The Hall–Kier alpha value is -3.42. The second-order valence-corrected chi connectivity index (χ2v) is 8.15. The molecule has 31 heavy (non-hydrogen) atoms. The number of nitrogens with zero attached hydrogens (tertiary/aromatic N) is 1. The number of rotatable bonds is 4. The molecule has 1 aromatic heterocycles. The Bertz CT molecular complexity index is 1200. The first kappa shape index (κ1) is 19.5. The molecule has 1 aliphatic heterocycles. The van der Waals surface area contributed by atoms with E-state index in [0.29, 0.717) is 23.0 Å². The molecule has 1 saturated carbocycles. The second-order valence-electron chi connectivity index (χ2n) is 8.15. The van der Waals surface area contributed by atoms with E-state index in [2.05, 4.69) is 15.5 Å². The van der Waals surface area contributed by atoms with E-state index in [9.17, 15) is 22.8 Å². The monoisotopic (exact) mass is 425 g/mol. The lowest BCUT2D eigenvalue weighted by atomic mass is 9.68. The number of carbonyl (C=O) groups excluding carboxylic acids is 2. The fourth-order valence-electron chi connectivity index (χ4n) is 4.68. The average Bonchev–Trinajstić information content (AvgIpc) is 3.12. The van der Waals surface area contributed by atoms with Crippen LogP contribution >= 0.6 is 0 Å². The van der Waals surface area contributed by atoms with Gasteiger partial charge in [-0.2, -0.15) is 5.10 Å². The van der Waals surface area contributed by atoms with Crippen molar-refractivity contribution in [1.29, 1.82) is 0 Å². The highest BCUT2D eigenvalue weighted by Gasteiger charge is 2.40. The third-order valence-corrected chi connectivity index (χ3v) is 6.31. The second kappa shape index (κ2) is 7.37. The van der Waals surface area contributed by atoms with Gasteiger partial charge in [0, 0.05) is 41.1 Å². The first-order chi connectivity index (χ1) is 14.9. The Labute approximate surface area is 175 Å². The van der Waals surface area contributed by atoms with Gasteiger partial charge in [0.25, 0.3) is 0 Å². The van der Waals surface area contributed by atoms with Gasteiger partial charge in [-0.15, -0.1) is 0 Å². The lowest BCUT2D eigenvalue weighted by molar-refractivity contribution is -0.116. The molecule has 158 valence electrons. The van der Waals surface area contributed by atoms with Gasteiger partial charge in [-0.3, -0.25) is 14.7 Å². The minimum Gasteiger partial charge on any atom is -0.309 e. The first-order valence-electron chi connectivity index (χ1n) is 10.0. The van der Waals surface area contributed by atoms with Crippen molar-refractivity contribution in [2.45, 2.75) is 37.0 Å². The highest BCUT2D eigenvalue weighted by molar-refractivity contribution is 5.94. The van der Waals surface area contributed by atoms with Crippen molar-refractivity contribution in [3.63, 3.8) is 0 Å². The van der Waals surface area contributed by atoms with Crippen LogP contribution in [0.5, 0.6) is 0 Å². The Morgan fingerprint density at radius 3 is 2.55 bits per heavy atom. The Morgan fingerprint density at radius 2 is 1.77 bits per heavy atom. The Morgan fingerprint density at radius 1 is 1.00 bits per heavy atom. The summed E-state index contributed by atoms with van der Waals surface area (Å²) in [7, 11) is 0. The summed E-state index contributed by atoms with van der Waals surface area (Å²) in [5, 5.41) is 9.83. The topological polar surface area (TPSA) is 74.8 Å². The molecule has 0 spiro atoms. The number of hydrogen-bond donors (Lipinski definition) is 2. The fourth-order valence-corrected chi connectivity index (χ4v) is 4.68. The predicted molar refractivity (Wildman–Crippen MR) is 107 cm³/mol. The number of amides is 1. The van der Waals surface area contributed by atoms with Gasteiger partial charge < -0.3 is 5.32 Å². The number of aldehydes is 1. The lowest BCUT2D eigenvalue weighted by Crippen LogP contribution is -2.27. The van der Waals surface area contributed by atoms with Crippen LogP contribution in [-0.4, -0.2) is 22.4 Å². The van der Waals surface area contributed by atoms with Crippen LogP contribution in [0.15, 0.2) is 36.4 Å². The summed E-state index contributed by atoms with van der Waals surface area (Å²) in [6.45, 7) is 0.